The Morgan fingerprint density at radius 3 is 2.86 bits per heavy atom. The van der Waals surface area contributed by atoms with Gasteiger partial charge < -0.3 is 9.64 Å². The number of rotatable bonds is 5. The predicted octanol–water partition coefficient (Wildman–Crippen LogP) is 1.54. The summed E-state index contributed by atoms with van der Waals surface area (Å²) in [4.78, 5) is 31.6. The number of nitrogens with zero attached hydrogens (tertiary/aromatic N) is 4. The number of fused-ring (bicyclic) bond motifs is 1. The molecule has 0 radical (unpaired) electrons. The van der Waals surface area contributed by atoms with Crippen molar-refractivity contribution in [2.45, 2.75) is 6.92 Å². The van der Waals surface area contributed by atoms with Gasteiger partial charge in [0, 0.05) is 24.6 Å². The normalized spacial score (nSPS) is 10.4. The number of carbonyl (C=O) groups is 1. The number of hydrogen-bond acceptors (Lipinski definition) is 7. The zero-order valence-electron chi connectivity index (χ0n) is 11.6. The minimum absolute atomic E-state index is 0.00262. The van der Waals surface area contributed by atoms with Gasteiger partial charge in [0.05, 0.1) is 17.0 Å². The molecule has 0 amide bonds. The number of benzene rings is 1. The smallest absolute Gasteiger partial charge is 0.325 e. The molecule has 0 saturated carbocycles. The van der Waals surface area contributed by atoms with Crippen molar-refractivity contribution in [1.29, 1.82) is 0 Å². The first-order valence-corrected chi connectivity index (χ1v) is 6.29. The Morgan fingerprint density at radius 2 is 2.19 bits per heavy atom. The third-order valence-electron chi connectivity index (χ3n) is 2.84. The molecule has 21 heavy (non-hydrogen) atoms. The van der Waals surface area contributed by atoms with E-state index < -0.39 is 10.9 Å². The SMILES string of the molecule is CCOC(=O)CN(C)c1ncnc2ccc([N+](=O)[O-])cc12. The van der Waals surface area contributed by atoms with Crippen LogP contribution in [-0.4, -0.2) is 41.1 Å². The van der Waals surface area contributed by atoms with Crippen molar-refractivity contribution in [3.8, 4) is 0 Å². The second kappa shape index (κ2) is 6.12. The lowest BCUT2D eigenvalue weighted by atomic mass is 10.2. The first-order valence-electron chi connectivity index (χ1n) is 6.29. The molecule has 0 saturated heterocycles. The van der Waals surface area contributed by atoms with Crippen molar-refractivity contribution in [3.05, 3.63) is 34.6 Å². The molecular formula is C13H14N4O4. The van der Waals surface area contributed by atoms with Crippen molar-refractivity contribution in [2.24, 2.45) is 0 Å². The van der Waals surface area contributed by atoms with Gasteiger partial charge in [0.2, 0.25) is 0 Å². The molecule has 1 heterocycles. The molecule has 1 aromatic heterocycles. The third-order valence-corrected chi connectivity index (χ3v) is 2.84. The van der Waals surface area contributed by atoms with E-state index in [1.165, 1.54) is 18.5 Å². The van der Waals surface area contributed by atoms with Gasteiger partial charge in [-0.05, 0) is 13.0 Å². The number of nitro groups is 1. The number of ether oxygens (including phenoxy) is 1. The highest BCUT2D eigenvalue weighted by Crippen LogP contribution is 2.26. The number of non-ortho nitro benzene ring substituents is 1. The number of esters is 1. The molecule has 0 N–H and O–H groups in total. The summed E-state index contributed by atoms with van der Waals surface area (Å²) in [6, 6.07) is 4.33. The van der Waals surface area contributed by atoms with Crippen LogP contribution in [0.5, 0.6) is 0 Å². The van der Waals surface area contributed by atoms with Crippen LogP contribution < -0.4 is 4.90 Å². The molecule has 0 spiro atoms. The van der Waals surface area contributed by atoms with Gasteiger partial charge in [-0.2, -0.15) is 0 Å². The van der Waals surface area contributed by atoms with Crippen LogP contribution in [0.2, 0.25) is 0 Å². The molecule has 0 unspecified atom stereocenters. The van der Waals surface area contributed by atoms with Crippen molar-refractivity contribution >= 4 is 28.4 Å². The largest absolute Gasteiger partial charge is 0.465 e. The molecule has 8 nitrogen and oxygen atoms in total. The van der Waals surface area contributed by atoms with Gasteiger partial charge in [-0.1, -0.05) is 0 Å². The lowest BCUT2D eigenvalue weighted by molar-refractivity contribution is -0.384. The summed E-state index contributed by atoms with van der Waals surface area (Å²) in [7, 11) is 1.66. The van der Waals surface area contributed by atoms with Crippen LogP contribution in [0.1, 0.15) is 6.92 Å². The molecule has 0 fully saturated rings. The minimum atomic E-state index is -0.485. The number of anilines is 1. The molecule has 0 aliphatic rings. The molecule has 0 atom stereocenters. The maximum Gasteiger partial charge on any atom is 0.325 e. The summed E-state index contributed by atoms with van der Waals surface area (Å²) < 4.78 is 4.88. The summed E-state index contributed by atoms with van der Waals surface area (Å²) in [5.41, 5.74) is 0.518. The van der Waals surface area contributed by atoms with E-state index in [0.29, 0.717) is 23.3 Å². The number of carbonyl (C=O) groups excluding carboxylic acids is 1. The summed E-state index contributed by atoms with van der Waals surface area (Å²) >= 11 is 0. The summed E-state index contributed by atoms with van der Waals surface area (Å²) in [6.45, 7) is 2.02. The lowest BCUT2D eigenvalue weighted by Crippen LogP contribution is -2.28. The van der Waals surface area contributed by atoms with E-state index in [4.69, 9.17) is 4.74 Å². The number of likely N-dealkylation sites (N-methyl/N-ethyl adjacent to an activating group) is 1. The highest BCUT2D eigenvalue weighted by molar-refractivity contribution is 5.92. The van der Waals surface area contributed by atoms with E-state index in [1.807, 2.05) is 0 Å². The topological polar surface area (TPSA) is 98.5 Å². The van der Waals surface area contributed by atoms with Crippen molar-refractivity contribution in [3.63, 3.8) is 0 Å². The Morgan fingerprint density at radius 1 is 1.43 bits per heavy atom. The first-order chi connectivity index (χ1) is 10.0. The fraction of sp³-hybridized carbons (Fsp3) is 0.308. The van der Waals surface area contributed by atoms with Crippen LogP contribution in [-0.2, 0) is 9.53 Å². The van der Waals surface area contributed by atoms with Gasteiger partial charge in [0.1, 0.15) is 18.7 Å². The van der Waals surface area contributed by atoms with Crippen molar-refractivity contribution in [2.75, 3.05) is 25.1 Å². The zero-order valence-corrected chi connectivity index (χ0v) is 11.6. The minimum Gasteiger partial charge on any atom is -0.465 e. The highest BCUT2D eigenvalue weighted by atomic mass is 16.6. The van der Waals surface area contributed by atoms with E-state index in [-0.39, 0.29) is 12.2 Å². The molecule has 0 aliphatic heterocycles. The molecule has 1 aromatic carbocycles. The molecule has 0 aliphatic carbocycles. The molecule has 2 aromatic rings. The lowest BCUT2D eigenvalue weighted by Gasteiger charge is -2.18. The van der Waals surface area contributed by atoms with E-state index in [0.717, 1.165) is 0 Å². The van der Waals surface area contributed by atoms with Gasteiger partial charge in [-0.15, -0.1) is 0 Å². The fourth-order valence-electron chi connectivity index (χ4n) is 1.92. The van der Waals surface area contributed by atoms with E-state index in [2.05, 4.69) is 9.97 Å². The Labute approximate surface area is 120 Å². The van der Waals surface area contributed by atoms with E-state index >= 15 is 0 Å². The van der Waals surface area contributed by atoms with Gasteiger partial charge in [-0.25, -0.2) is 9.97 Å². The van der Waals surface area contributed by atoms with Crippen LogP contribution in [0.15, 0.2) is 24.5 Å². The summed E-state index contributed by atoms with van der Waals surface area (Å²) in [6.07, 6.45) is 1.35. The number of aromatic nitrogens is 2. The number of hydrogen-bond donors (Lipinski definition) is 0. The Bertz CT molecular complexity index is 689. The molecule has 2 rings (SSSR count). The van der Waals surface area contributed by atoms with Crippen molar-refractivity contribution < 1.29 is 14.5 Å². The number of nitro benzene ring substituents is 1. The standard InChI is InChI=1S/C13H14N4O4/c1-3-21-12(18)7-16(2)13-10-6-9(17(19)20)4-5-11(10)14-8-15-13/h4-6,8H,3,7H2,1-2H3. The maximum atomic E-state index is 11.5. The van der Waals surface area contributed by atoms with Gasteiger partial charge in [0.15, 0.2) is 0 Å². The van der Waals surface area contributed by atoms with Crippen LogP contribution >= 0.6 is 0 Å². The van der Waals surface area contributed by atoms with Gasteiger partial charge in [0.25, 0.3) is 5.69 Å². The average molecular weight is 290 g/mol. The second-order valence-electron chi connectivity index (χ2n) is 4.32. The third kappa shape index (κ3) is 3.22. The predicted molar refractivity (Wildman–Crippen MR) is 76.1 cm³/mol. The monoisotopic (exact) mass is 290 g/mol. The Hall–Kier alpha value is -2.77. The highest BCUT2D eigenvalue weighted by Gasteiger charge is 2.15. The van der Waals surface area contributed by atoms with Crippen LogP contribution in [0.3, 0.4) is 0 Å². The molecular weight excluding hydrogens is 276 g/mol. The quantitative estimate of drug-likeness (QED) is 0.468. The van der Waals surface area contributed by atoms with E-state index in [9.17, 15) is 14.9 Å². The summed E-state index contributed by atoms with van der Waals surface area (Å²) in [5, 5.41) is 11.4. The zero-order chi connectivity index (χ0) is 15.4. The van der Waals surface area contributed by atoms with Crippen LogP contribution in [0.25, 0.3) is 10.9 Å². The van der Waals surface area contributed by atoms with Crippen LogP contribution in [0, 0.1) is 10.1 Å². The molecule has 0 bridgehead atoms. The van der Waals surface area contributed by atoms with Crippen molar-refractivity contribution in [1.82, 2.24) is 9.97 Å². The summed E-state index contributed by atoms with van der Waals surface area (Å²) in [5.74, 6) is 0.0500. The van der Waals surface area contributed by atoms with Gasteiger partial charge in [-0.3, -0.25) is 14.9 Å². The Balaban J connectivity index is 2.40. The second-order valence-corrected chi connectivity index (χ2v) is 4.32. The van der Waals surface area contributed by atoms with Crippen LogP contribution in [0.4, 0.5) is 11.5 Å². The first kappa shape index (κ1) is 14.6. The fourth-order valence-corrected chi connectivity index (χ4v) is 1.92. The average Bonchev–Trinajstić information content (AvgIpc) is 2.46. The maximum absolute atomic E-state index is 11.5. The molecule has 110 valence electrons. The molecule has 8 heteroatoms. The Kier molecular flexibility index (Phi) is 4.27. The van der Waals surface area contributed by atoms with Gasteiger partial charge >= 0.3 is 5.97 Å². The van der Waals surface area contributed by atoms with E-state index in [1.54, 1.807) is 24.9 Å².